The molecule has 0 aromatic rings. The Hall–Kier alpha value is -0.300. The van der Waals surface area contributed by atoms with Gasteiger partial charge in [-0.1, -0.05) is 32.9 Å². The van der Waals surface area contributed by atoms with E-state index in [1.54, 1.807) is 0 Å². The van der Waals surface area contributed by atoms with Crippen LogP contribution in [0.2, 0.25) is 0 Å². The molecule has 0 radical (unpaired) electrons. The average Bonchev–Trinajstić information content (AvgIpc) is 1.87. The maximum absolute atomic E-state index is 9.47. The SMILES string of the molecule is C/C=C/[C@@H](C)[C@H](O)C(C)C. The monoisotopic (exact) mass is 142 g/mol. The molecule has 10 heavy (non-hydrogen) atoms. The second-order valence-electron chi connectivity index (χ2n) is 3.12. The highest BCUT2D eigenvalue weighted by molar-refractivity contribution is 4.87. The van der Waals surface area contributed by atoms with Crippen molar-refractivity contribution < 1.29 is 5.11 Å². The van der Waals surface area contributed by atoms with E-state index < -0.39 is 0 Å². The lowest BCUT2D eigenvalue weighted by atomic mass is 9.95. The summed E-state index contributed by atoms with van der Waals surface area (Å²) in [6, 6.07) is 0. The maximum atomic E-state index is 9.47. The summed E-state index contributed by atoms with van der Waals surface area (Å²) in [4.78, 5) is 0. The zero-order valence-corrected chi connectivity index (χ0v) is 7.33. The van der Waals surface area contributed by atoms with Gasteiger partial charge in [-0.3, -0.25) is 0 Å². The molecular weight excluding hydrogens is 124 g/mol. The molecule has 0 aliphatic rings. The molecule has 60 valence electrons. The molecule has 0 fully saturated rings. The van der Waals surface area contributed by atoms with Gasteiger partial charge in [0.25, 0.3) is 0 Å². The molecule has 0 saturated carbocycles. The van der Waals surface area contributed by atoms with Crippen molar-refractivity contribution >= 4 is 0 Å². The molecule has 0 aromatic carbocycles. The molecule has 0 saturated heterocycles. The van der Waals surface area contributed by atoms with Crippen LogP contribution in [0.3, 0.4) is 0 Å². The first-order chi connectivity index (χ1) is 4.59. The van der Waals surface area contributed by atoms with Gasteiger partial charge >= 0.3 is 0 Å². The van der Waals surface area contributed by atoms with Gasteiger partial charge in [-0.25, -0.2) is 0 Å². The van der Waals surface area contributed by atoms with Gasteiger partial charge in [-0.15, -0.1) is 0 Å². The van der Waals surface area contributed by atoms with E-state index in [1.165, 1.54) is 0 Å². The third-order valence-corrected chi connectivity index (χ3v) is 1.72. The summed E-state index contributed by atoms with van der Waals surface area (Å²) in [6.45, 7) is 8.07. The van der Waals surface area contributed by atoms with Crippen LogP contribution in [0.1, 0.15) is 27.7 Å². The fourth-order valence-electron chi connectivity index (χ4n) is 1.02. The van der Waals surface area contributed by atoms with Crippen molar-refractivity contribution in [2.45, 2.75) is 33.8 Å². The van der Waals surface area contributed by atoms with E-state index in [9.17, 15) is 5.11 Å². The molecular formula is C9H18O. The molecule has 0 rings (SSSR count). The van der Waals surface area contributed by atoms with Crippen LogP contribution in [0.15, 0.2) is 12.2 Å². The molecule has 0 aromatic heterocycles. The summed E-state index contributed by atoms with van der Waals surface area (Å²) >= 11 is 0. The summed E-state index contributed by atoms with van der Waals surface area (Å²) in [6.07, 6.45) is 3.82. The number of rotatable bonds is 3. The molecule has 1 N–H and O–H groups in total. The summed E-state index contributed by atoms with van der Waals surface area (Å²) in [5, 5.41) is 9.47. The van der Waals surface area contributed by atoms with Crippen LogP contribution in [-0.4, -0.2) is 11.2 Å². The molecule has 0 aliphatic carbocycles. The van der Waals surface area contributed by atoms with Crippen molar-refractivity contribution in [3.05, 3.63) is 12.2 Å². The number of aliphatic hydroxyl groups is 1. The summed E-state index contributed by atoms with van der Waals surface area (Å²) in [5.74, 6) is 0.635. The Morgan fingerprint density at radius 2 is 1.70 bits per heavy atom. The lowest BCUT2D eigenvalue weighted by Crippen LogP contribution is -2.21. The largest absolute Gasteiger partial charge is 0.392 e. The van der Waals surface area contributed by atoms with E-state index in [0.717, 1.165) is 0 Å². The molecule has 0 aliphatic heterocycles. The highest BCUT2D eigenvalue weighted by Crippen LogP contribution is 2.12. The lowest BCUT2D eigenvalue weighted by molar-refractivity contribution is 0.0911. The predicted molar refractivity (Wildman–Crippen MR) is 44.8 cm³/mol. The van der Waals surface area contributed by atoms with Gasteiger partial charge in [0, 0.05) is 5.92 Å². The van der Waals surface area contributed by atoms with Crippen molar-refractivity contribution in [1.82, 2.24) is 0 Å². The molecule has 0 heterocycles. The van der Waals surface area contributed by atoms with Gasteiger partial charge in [-0.05, 0) is 12.8 Å². The van der Waals surface area contributed by atoms with E-state index in [0.29, 0.717) is 5.92 Å². The van der Waals surface area contributed by atoms with Crippen LogP contribution >= 0.6 is 0 Å². The Morgan fingerprint density at radius 1 is 1.20 bits per heavy atom. The normalized spacial score (nSPS) is 18.2. The fraction of sp³-hybridized carbons (Fsp3) is 0.778. The Morgan fingerprint density at radius 3 is 2.00 bits per heavy atom. The molecule has 0 spiro atoms. The summed E-state index contributed by atoms with van der Waals surface area (Å²) in [5.41, 5.74) is 0. The smallest absolute Gasteiger partial charge is 0.0622 e. The Labute approximate surface area is 63.8 Å². The second kappa shape index (κ2) is 4.51. The summed E-state index contributed by atoms with van der Waals surface area (Å²) in [7, 11) is 0. The topological polar surface area (TPSA) is 20.2 Å². The van der Waals surface area contributed by atoms with E-state index in [1.807, 2.05) is 39.8 Å². The third-order valence-electron chi connectivity index (χ3n) is 1.72. The maximum Gasteiger partial charge on any atom is 0.0622 e. The van der Waals surface area contributed by atoms with Crippen LogP contribution in [0, 0.1) is 11.8 Å². The number of aliphatic hydroxyl groups excluding tert-OH is 1. The van der Waals surface area contributed by atoms with Crippen LogP contribution in [0.25, 0.3) is 0 Å². The molecule has 0 amide bonds. The van der Waals surface area contributed by atoms with Gasteiger partial charge in [0.1, 0.15) is 0 Å². The highest BCUT2D eigenvalue weighted by atomic mass is 16.3. The van der Waals surface area contributed by atoms with Crippen molar-refractivity contribution in [3.63, 3.8) is 0 Å². The predicted octanol–water partition coefficient (Wildman–Crippen LogP) is 2.22. The van der Waals surface area contributed by atoms with Gasteiger partial charge in [0.2, 0.25) is 0 Å². The van der Waals surface area contributed by atoms with Gasteiger partial charge in [-0.2, -0.15) is 0 Å². The quantitative estimate of drug-likeness (QED) is 0.599. The zero-order valence-electron chi connectivity index (χ0n) is 7.33. The van der Waals surface area contributed by atoms with E-state index >= 15 is 0 Å². The Bertz CT molecular complexity index is 105. The Balaban J connectivity index is 3.81. The minimum absolute atomic E-state index is 0.198. The molecule has 0 bridgehead atoms. The third kappa shape index (κ3) is 3.02. The zero-order chi connectivity index (χ0) is 8.15. The van der Waals surface area contributed by atoms with E-state index in [2.05, 4.69) is 0 Å². The first-order valence-corrected chi connectivity index (χ1v) is 3.90. The van der Waals surface area contributed by atoms with Crippen LogP contribution in [0.4, 0.5) is 0 Å². The second-order valence-corrected chi connectivity index (χ2v) is 3.12. The van der Waals surface area contributed by atoms with E-state index in [4.69, 9.17) is 0 Å². The fourth-order valence-corrected chi connectivity index (χ4v) is 1.02. The van der Waals surface area contributed by atoms with Gasteiger partial charge in [0.05, 0.1) is 6.10 Å². The van der Waals surface area contributed by atoms with E-state index in [-0.39, 0.29) is 12.0 Å². The minimum atomic E-state index is -0.198. The van der Waals surface area contributed by atoms with Crippen molar-refractivity contribution in [3.8, 4) is 0 Å². The molecule has 1 nitrogen and oxygen atoms in total. The van der Waals surface area contributed by atoms with Crippen molar-refractivity contribution in [2.75, 3.05) is 0 Å². The highest BCUT2D eigenvalue weighted by Gasteiger charge is 2.14. The minimum Gasteiger partial charge on any atom is -0.392 e. The molecule has 0 unspecified atom stereocenters. The lowest BCUT2D eigenvalue weighted by Gasteiger charge is -2.18. The average molecular weight is 142 g/mol. The van der Waals surface area contributed by atoms with Gasteiger partial charge in [0.15, 0.2) is 0 Å². The van der Waals surface area contributed by atoms with Crippen LogP contribution in [-0.2, 0) is 0 Å². The van der Waals surface area contributed by atoms with Crippen LogP contribution < -0.4 is 0 Å². The molecule has 2 atom stereocenters. The van der Waals surface area contributed by atoms with Gasteiger partial charge < -0.3 is 5.11 Å². The molecule has 1 heteroatoms. The number of allylic oxidation sites excluding steroid dienone is 1. The summed E-state index contributed by atoms with van der Waals surface area (Å²) < 4.78 is 0. The first kappa shape index (κ1) is 9.70. The first-order valence-electron chi connectivity index (χ1n) is 3.90. The Kier molecular flexibility index (Phi) is 4.37. The van der Waals surface area contributed by atoms with Crippen molar-refractivity contribution in [2.24, 2.45) is 11.8 Å². The van der Waals surface area contributed by atoms with Crippen molar-refractivity contribution in [1.29, 1.82) is 0 Å². The van der Waals surface area contributed by atoms with Crippen LogP contribution in [0.5, 0.6) is 0 Å². The number of hydrogen-bond acceptors (Lipinski definition) is 1. The standard InChI is InChI=1S/C9H18O/c1-5-6-8(4)9(10)7(2)3/h5-10H,1-4H3/b6-5+/t8-,9-/m1/s1. The number of hydrogen-bond donors (Lipinski definition) is 1.